The molecular formula is C19H23NO2. The summed E-state index contributed by atoms with van der Waals surface area (Å²) in [5.74, 6) is -0.156. The van der Waals surface area contributed by atoms with E-state index in [1.165, 1.54) is 5.56 Å². The van der Waals surface area contributed by atoms with Gasteiger partial charge in [0.1, 0.15) is 0 Å². The first-order valence-electron chi connectivity index (χ1n) is 7.77. The van der Waals surface area contributed by atoms with Crippen LogP contribution >= 0.6 is 0 Å². The summed E-state index contributed by atoms with van der Waals surface area (Å²) in [5, 5.41) is 3.46. The van der Waals surface area contributed by atoms with Crippen molar-refractivity contribution in [2.45, 2.75) is 32.4 Å². The number of benzene rings is 2. The number of hydrogen-bond acceptors (Lipinski definition) is 3. The minimum absolute atomic E-state index is 0.0363. The molecule has 2 rings (SSSR count). The standard InChI is InChI=1S/C19H23NO2/c1-2-13-22-19(21)14-18(17-11-7-4-8-12-17)20-15-16-9-5-3-6-10-16/h3-12,18,20H,2,13-15H2,1H3. The third kappa shape index (κ3) is 5.34. The second-order valence-electron chi connectivity index (χ2n) is 5.25. The van der Waals surface area contributed by atoms with Gasteiger partial charge in [-0.05, 0) is 17.5 Å². The van der Waals surface area contributed by atoms with Gasteiger partial charge in [0.15, 0.2) is 0 Å². The van der Waals surface area contributed by atoms with Crippen molar-refractivity contribution in [3.05, 3.63) is 71.8 Å². The Balaban J connectivity index is 2.00. The van der Waals surface area contributed by atoms with Gasteiger partial charge < -0.3 is 10.1 Å². The molecule has 0 aliphatic carbocycles. The first-order chi connectivity index (χ1) is 10.8. The molecule has 0 fully saturated rings. The van der Waals surface area contributed by atoms with Gasteiger partial charge in [0.05, 0.1) is 13.0 Å². The normalized spacial score (nSPS) is 11.9. The molecule has 2 aromatic carbocycles. The van der Waals surface area contributed by atoms with Crippen LogP contribution in [0.5, 0.6) is 0 Å². The van der Waals surface area contributed by atoms with E-state index in [1.54, 1.807) is 0 Å². The van der Waals surface area contributed by atoms with Crippen LogP contribution in [0.25, 0.3) is 0 Å². The molecule has 0 heterocycles. The van der Waals surface area contributed by atoms with E-state index in [-0.39, 0.29) is 12.0 Å². The second-order valence-corrected chi connectivity index (χ2v) is 5.25. The van der Waals surface area contributed by atoms with Gasteiger partial charge in [-0.25, -0.2) is 0 Å². The summed E-state index contributed by atoms with van der Waals surface area (Å²) in [6.45, 7) is 3.20. The van der Waals surface area contributed by atoms with E-state index in [0.29, 0.717) is 13.0 Å². The Labute approximate surface area is 132 Å². The topological polar surface area (TPSA) is 38.3 Å². The average molecular weight is 297 g/mol. The summed E-state index contributed by atoms with van der Waals surface area (Å²) in [5.41, 5.74) is 2.30. The first kappa shape index (κ1) is 16.2. The third-order valence-electron chi connectivity index (χ3n) is 3.44. The Kier molecular flexibility index (Phi) is 6.65. The van der Waals surface area contributed by atoms with Crippen LogP contribution in [0.2, 0.25) is 0 Å². The lowest BCUT2D eigenvalue weighted by Crippen LogP contribution is -2.24. The predicted molar refractivity (Wildman–Crippen MR) is 88.3 cm³/mol. The van der Waals surface area contributed by atoms with Crippen molar-refractivity contribution < 1.29 is 9.53 Å². The fourth-order valence-corrected chi connectivity index (χ4v) is 2.27. The number of hydrogen-bond donors (Lipinski definition) is 1. The number of nitrogens with one attached hydrogen (secondary N) is 1. The van der Waals surface area contributed by atoms with E-state index in [1.807, 2.05) is 55.5 Å². The minimum atomic E-state index is -0.156. The van der Waals surface area contributed by atoms with Gasteiger partial charge in [-0.15, -0.1) is 0 Å². The highest BCUT2D eigenvalue weighted by molar-refractivity contribution is 5.70. The lowest BCUT2D eigenvalue weighted by Gasteiger charge is -2.18. The average Bonchev–Trinajstić information content (AvgIpc) is 2.58. The lowest BCUT2D eigenvalue weighted by atomic mass is 10.0. The van der Waals surface area contributed by atoms with Crippen LogP contribution in [0.4, 0.5) is 0 Å². The molecule has 0 aliphatic heterocycles. The van der Waals surface area contributed by atoms with Gasteiger partial charge in [-0.3, -0.25) is 4.79 Å². The van der Waals surface area contributed by atoms with Crippen molar-refractivity contribution in [1.82, 2.24) is 5.32 Å². The van der Waals surface area contributed by atoms with Crippen LogP contribution < -0.4 is 5.32 Å². The highest BCUT2D eigenvalue weighted by Gasteiger charge is 2.16. The smallest absolute Gasteiger partial charge is 0.307 e. The second kappa shape index (κ2) is 9.00. The fraction of sp³-hybridized carbons (Fsp3) is 0.316. The van der Waals surface area contributed by atoms with E-state index in [0.717, 1.165) is 18.5 Å². The van der Waals surface area contributed by atoms with Gasteiger partial charge in [0.2, 0.25) is 0 Å². The van der Waals surface area contributed by atoms with Gasteiger partial charge in [-0.2, -0.15) is 0 Å². The maximum atomic E-state index is 11.9. The van der Waals surface area contributed by atoms with Crippen LogP contribution in [-0.2, 0) is 16.1 Å². The zero-order chi connectivity index (χ0) is 15.6. The number of esters is 1. The highest BCUT2D eigenvalue weighted by Crippen LogP contribution is 2.18. The Morgan fingerprint density at radius 1 is 1.05 bits per heavy atom. The van der Waals surface area contributed by atoms with Crippen LogP contribution in [-0.4, -0.2) is 12.6 Å². The van der Waals surface area contributed by atoms with Crippen LogP contribution in [0.3, 0.4) is 0 Å². The molecular weight excluding hydrogens is 274 g/mol. The highest BCUT2D eigenvalue weighted by atomic mass is 16.5. The summed E-state index contributed by atoms with van der Waals surface area (Å²) in [6.07, 6.45) is 1.19. The summed E-state index contributed by atoms with van der Waals surface area (Å²) in [7, 11) is 0. The van der Waals surface area contributed by atoms with Gasteiger partial charge in [0.25, 0.3) is 0 Å². The number of carbonyl (C=O) groups excluding carboxylic acids is 1. The molecule has 0 saturated heterocycles. The third-order valence-corrected chi connectivity index (χ3v) is 3.44. The molecule has 3 heteroatoms. The molecule has 1 unspecified atom stereocenters. The van der Waals surface area contributed by atoms with Crippen molar-refractivity contribution in [2.75, 3.05) is 6.61 Å². The molecule has 22 heavy (non-hydrogen) atoms. The SMILES string of the molecule is CCCOC(=O)CC(NCc1ccccc1)c1ccccc1. The van der Waals surface area contributed by atoms with Crippen molar-refractivity contribution in [2.24, 2.45) is 0 Å². The van der Waals surface area contributed by atoms with Crippen molar-refractivity contribution in [3.8, 4) is 0 Å². The number of ether oxygens (including phenoxy) is 1. The molecule has 0 saturated carbocycles. The molecule has 0 aliphatic rings. The Bertz CT molecular complexity index is 554. The minimum Gasteiger partial charge on any atom is -0.466 e. The largest absolute Gasteiger partial charge is 0.466 e. The summed E-state index contributed by atoms with van der Waals surface area (Å²) < 4.78 is 5.22. The molecule has 3 nitrogen and oxygen atoms in total. The molecule has 0 bridgehead atoms. The molecule has 0 amide bonds. The van der Waals surface area contributed by atoms with Crippen LogP contribution in [0.15, 0.2) is 60.7 Å². The van der Waals surface area contributed by atoms with Gasteiger partial charge in [-0.1, -0.05) is 67.6 Å². The Morgan fingerprint density at radius 3 is 2.32 bits per heavy atom. The van der Waals surface area contributed by atoms with Gasteiger partial charge >= 0.3 is 5.97 Å². The lowest BCUT2D eigenvalue weighted by molar-refractivity contribution is -0.144. The summed E-state index contributed by atoms with van der Waals surface area (Å²) in [4.78, 5) is 11.9. The van der Waals surface area contributed by atoms with Gasteiger partial charge in [0, 0.05) is 12.6 Å². The molecule has 1 atom stereocenters. The molecule has 0 aromatic heterocycles. The van der Waals surface area contributed by atoms with Crippen LogP contribution in [0.1, 0.15) is 36.9 Å². The monoisotopic (exact) mass is 297 g/mol. The Morgan fingerprint density at radius 2 is 1.68 bits per heavy atom. The summed E-state index contributed by atoms with van der Waals surface area (Å²) in [6, 6.07) is 20.2. The van der Waals surface area contributed by atoms with E-state index < -0.39 is 0 Å². The Hall–Kier alpha value is -2.13. The van der Waals surface area contributed by atoms with E-state index in [9.17, 15) is 4.79 Å². The fourth-order valence-electron chi connectivity index (χ4n) is 2.27. The van der Waals surface area contributed by atoms with Crippen molar-refractivity contribution >= 4 is 5.97 Å². The zero-order valence-electron chi connectivity index (χ0n) is 13.0. The summed E-state index contributed by atoms with van der Waals surface area (Å²) >= 11 is 0. The van der Waals surface area contributed by atoms with Crippen molar-refractivity contribution in [3.63, 3.8) is 0 Å². The molecule has 2 aromatic rings. The molecule has 116 valence electrons. The van der Waals surface area contributed by atoms with E-state index in [2.05, 4.69) is 17.4 Å². The predicted octanol–water partition coefficient (Wildman–Crippen LogP) is 3.86. The quantitative estimate of drug-likeness (QED) is 0.752. The number of rotatable bonds is 8. The van der Waals surface area contributed by atoms with E-state index in [4.69, 9.17) is 4.74 Å². The first-order valence-corrected chi connectivity index (χ1v) is 7.77. The van der Waals surface area contributed by atoms with Crippen molar-refractivity contribution in [1.29, 1.82) is 0 Å². The number of carbonyl (C=O) groups is 1. The zero-order valence-corrected chi connectivity index (χ0v) is 13.0. The maximum absolute atomic E-state index is 11.9. The maximum Gasteiger partial charge on any atom is 0.307 e. The molecule has 1 N–H and O–H groups in total. The van der Waals surface area contributed by atoms with Crippen LogP contribution in [0, 0.1) is 0 Å². The molecule has 0 radical (unpaired) electrons. The molecule has 0 spiro atoms. The van der Waals surface area contributed by atoms with E-state index >= 15 is 0 Å².